The summed E-state index contributed by atoms with van der Waals surface area (Å²) in [6, 6.07) is 3.63. The topological polar surface area (TPSA) is 68.1 Å². The highest BCUT2D eigenvalue weighted by Crippen LogP contribution is 2.21. The van der Waals surface area contributed by atoms with Crippen molar-refractivity contribution in [3.8, 4) is 0 Å². The van der Waals surface area contributed by atoms with Crippen LogP contribution in [0, 0.1) is 10.1 Å². The maximum atomic E-state index is 10.7. The Hall–Kier alpha value is -1.65. The smallest absolute Gasteiger partial charge is 0.375 e. The molecule has 1 rings (SSSR count). The monoisotopic (exact) mass is 209 g/mol. The first-order chi connectivity index (χ1) is 7.19. The summed E-state index contributed by atoms with van der Waals surface area (Å²) in [7, 11) is 0. The highest BCUT2D eigenvalue weighted by atomic mass is 16.6. The molecule has 1 heterocycles. The van der Waals surface area contributed by atoms with Gasteiger partial charge in [-0.25, -0.2) is 0 Å². The predicted molar refractivity (Wildman–Crippen MR) is 58.9 cm³/mol. The average molecular weight is 209 g/mol. The summed E-state index contributed by atoms with van der Waals surface area (Å²) in [5.41, 5.74) is 0.496. The van der Waals surface area contributed by atoms with Crippen LogP contribution in [0.3, 0.4) is 0 Å². The third-order valence-corrected chi connectivity index (χ3v) is 2.30. The van der Waals surface area contributed by atoms with Gasteiger partial charge in [-0.05, 0) is 34.9 Å². The zero-order valence-electron chi connectivity index (χ0n) is 8.93. The van der Waals surface area contributed by atoms with Gasteiger partial charge in [-0.1, -0.05) is 13.8 Å². The SMILES string of the molecule is CCC(CC)Nc1cccnc1[N+](=O)[O-]. The minimum atomic E-state index is -0.468. The number of rotatable bonds is 5. The zero-order chi connectivity index (χ0) is 11.3. The van der Waals surface area contributed by atoms with E-state index >= 15 is 0 Å². The Labute approximate surface area is 88.7 Å². The molecule has 0 radical (unpaired) electrons. The first-order valence-electron chi connectivity index (χ1n) is 5.05. The van der Waals surface area contributed by atoms with Crippen LogP contribution in [0.1, 0.15) is 26.7 Å². The summed E-state index contributed by atoms with van der Waals surface area (Å²) in [5, 5.41) is 13.8. The van der Waals surface area contributed by atoms with Crippen molar-refractivity contribution in [2.45, 2.75) is 32.7 Å². The lowest BCUT2D eigenvalue weighted by molar-refractivity contribution is -0.388. The Morgan fingerprint density at radius 1 is 1.53 bits per heavy atom. The van der Waals surface area contributed by atoms with Crippen LogP contribution in [-0.4, -0.2) is 15.9 Å². The number of hydrogen-bond acceptors (Lipinski definition) is 4. The van der Waals surface area contributed by atoms with Gasteiger partial charge in [-0.15, -0.1) is 0 Å². The summed E-state index contributed by atoms with van der Waals surface area (Å²) in [6.45, 7) is 4.09. The number of nitrogens with zero attached hydrogens (tertiary/aromatic N) is 2. The molecule has 5 heteroatoms. The fourth-order valence-corrected chi connectivity index (χ4v) is 1.37. The molecule has 0 saturated carbocycles. The van der Waals surface area contributed by atoms with E-state index in [0.717, 1.165) is 12.8 Å². The maximum absolute atomic E-state index is 10.7. The summed E-state index contributed by atoms with van der Waals surface area (Å²) >= 11 is 0. The number of aromatic nitrogens is 1. The van der Waals surface area contributed by atoms with Crippen LogP contribution in [0.15, 0.2) is 18.3 Å². The number of pyridine rings is 1. The van der Waals surface area contributed by atoms with Gasteiger partial charge in [0.05, 0.1) is 0 Å². The summed E-state index contributed by atoms with van der Waals surface area (Å²) in [6.07, 6.45) is 3.29. The fraction of sp³-hybridized carbons (Fsp3) is 0.500. The van der Waals surface area contributed by atoms with Gasteiger partial charge < -0.3 is 15.4 Å². The predicted octanol–water partition coefficient (Wildman–Crippen LogP) is 2.59. The van der Waals surface area contributed by atoms with Crippen molar-refractivity contribution in [2.75, 3.05) is 5.32 Å². The van der Waals surface area contributed by atoms with Gasteiger partial charge in [-0.2, -0.15) is 0 Å². The molecule has 1 aromatic heterocycles. The van der Waals surface area contributed by atoms with Crippen LogP contribution >= 0.6 is 0 Å². The van der Waals surface area contributed by atoms with E-state index in [2.05, 4.69) is 10.3 Å². The van der Waals surface area contributed by atoms with Gasteiger partial charge in [0.15, 0.2) is 0 Å². The number of hydrogen-bond donors (Lipinski definition) is 1. The maximum Gasteiger partial charge on any atom is 0.386 e. The highest BCUT2D eigenvalue weighted by Gasteiger charge is 2.15. The molecule has 0 unspecified atom stereocenters. The molecular formula is C10H15N3O2. The molecule has 0 aliphatic carbocycles. The molecular weight excluding hydrogens is 194 g/mol. The minimum Gasteiger partial charge on any atom is -0.375 e. The normalized spacial score (nSPS) is 10.3. The highest BCUT2D eigenvalue weighted by molar-refractivity contribution is 5.57. The van der Waals surface area contributed by atoms with Gasteiger partial charge in [0.1, 0.15) is 11.9 Å². The standard InChI is InChI=1S/C10H15N3O2/c1-3-8(4-2)12-9-6-5-7-11-10(9)13(14)15/h5-8,12H,3-4H2,1-2H3. The number of nitrogens with one attached hydrogen (secondary N) is 1. The number of nitro groups is 1. The Morgan fingerprint density at radius 3 is 2.73 bits per heavy atom. The second-order valence-electron chi connectivity index (χ2n) is 3.29. The van der Waals surface area contributed by atoms with Crippen molar-refractivity contribution in [3.05, 3.63) is 28.4 Å². The molecule has 0 aliphatic rings. The van der Waals surface area contributed by atoms with Crippen molar-refractivity contribution >= 4 is 11.5 Å². The quantitative estimate of drug-likeness (QED) is 0.597. The van der Waals surface area contributed by atoms with E-state index in [9.17, 15) is 10.1 Å². The van der Waals surface area contributed by atoms with E-state index in [1.54, 1.807) is 12.1 Å². The Morgan fingerprint density at radius 2 is 2.20 bits per heavy atom. The first kappa shape index (κ1) is 11.4. The summed E-state index contributed by atoms with van der Waals surface area (Å²) in [4.78, 5) is 14.0. The van der Waals surface area contributed by atoms with E-state index in [4.69, 9.17) is 0 Å². The Kier molecular flexibility index (Phi) is 4.03. The largest absolute Gasteiger partial charge is 0.386 e. The lowest BCUT2D eigenvalue weighted by Gasteiger charge is -2.15. The molecule has 0 aliphatic heterocycles. The summed E-state index contributed by atoms with van der Waals surface area (Å²) < 4.78 is 0. The van der Waals surface area contributed by atoms with Crippen molar-refractivity contribution in [1.82, 2.24) is 4.98 Å². The zero-order valence-corrected chi connectivity index (χ0v) is 8.93. The first-order valence-corrected chi connectivity index (χ1v) is 5.05. The molecule has 1 aromatic rings. The van der Waals surface area contributed by atoms with Crippen molar-refractivity contribution < 1.29 is 4.92 Å². The van der Waals surface area contributed by atoms with Crippen molar-refractivity contribution in [1.29, 1.82) is 0 Å². The molecule has 0 aromatic carbocycles. The van der Waals surface area contributed by atoms with E-state index in [1.165, 1.54) is 6.20 Å². The van der Waals surface area contributed by atoms with Crippen LogP contribution in [0.2, 0.25) is 0 Å². The van der Waals surface area contributed by atoms with Crippen LogP contribution in [0.25, 0.3) is 0 Å². The molecule has 0 bridgehead atoms. The average Bonchev–Trinajstić information content (AvgIpc) is 2.26. The molecule has 82 valence electrons. The lowest BCUT2D eigenvalue weighted by atomic mass is 10.1. The van der Waals surface area contributed by atoms with Gasteiger partial charge in [0.2, 0.25) is 0 Å². The molecule has 1 N–H and O–H groups in total. The number of anilines is 1. The third-order valence-electron chi connectivity index (χ3n) is 2.30. The van der Waals surface area contributed by atoms with Crippen LogP contribution in [-0.2, 0) is 0 Å². The van der Waals surface area contributed by atoms with Crippen LogP contribution in [0.5, 0.6) is 0 Å². The molecule has 15 heavy (non-hydrogen) atoms. The van der Waals surface area contributed by atoms with Crippen LogP contribution < -0.4 is 5.32 Å². The molecule has 0 amide bonds. The molecule has 0 spiro atoms. The van der Waals surface area contributed by atoms with Crippen molar-refractivity contribution in [2.24, 2.45) is 0 Å². The van der Waals surface area contributed by atoms with Gasteiger partial charge in [0.25, 0.3) is 0 Å². The van der Waals surface area contributed by atoms with E-state index < -0.39 is 4.92 Å². The molecule has 0 atom stereocenters. The van der Waals surface area contributed by atoms with Crippen LogP contribution in [0.4, 0.5) is 11.5 Å². The van der Waals surface area contributed by atoms with Crippen molar-refractivity contribution in [3.63, 3.8) is 0 Å². The third kappa shape index (κ3) is 2.90. The van der Waals surface area contributed by atoms with E-state index in [-0.39, 0.29) is 11.9 Å². The Bertz CT molecular complexity index is 337. The van der Waals surface area contributed by atoms with Gasteiger partial charge in [0, 0.05) is 6.04 Å². The lowest BCUT2D eigenvalue weighted by Crippen LogP contribution is -2.18. The Balaban J connectivity index is 2.88. The van der Waals surface area contributed by atoms with E-state index in [1.807, 2.05) is 13.8 Å². The van der Waals surface area contributed by atoms with Gasteiger partial charge in [-0.3, -0.25) is 0 Å². The molecule has 0 saturated heterocycles. The summed E-state index contributed by atoms with van der Waals surface area (Å²) in [5.74, 6) is -0.107. The van der Waals surface area contributed by atoms with Gasteiger partial charge >= 0.3 is 5.82 Å². The minimum absolute atomic E-state index is 0.107. The second-order valence-corrected chi connectivity index (χ2v) is 3.29. The van der Waals surface area contributed by atoms with E-state index in [0.29, 0.717) is 5.69 Å². The molecule has 5 nitrogen and oxygen atoms in total. The second kappa shape index (κ2) is 5.29. The molecule has 0 fully saturated rings. The fourth-order valence-electron chi connectivity index (χ4n) is 1.37.